The maximum absolute atomic E-state index is 13.7. The fourth-order valence-corrected chi connectivity index (χ4v) is 5.35. The Morgan fingerprint density at radius 3 is 2.72 bits per heavy atom. The molecule has 8 heteroatoms. The van der Waals surface area contributed by atoms with Gasteiger partial charge in [-0.25, -0.2) is 5.01 Å². The summed E-state index contributed by atoms with van der Waals surface area (Å²) in [4.78, 5) is 28.3. The molecule has 2 atom stereocenters. The Balaban J connectivity index is 1.44. The van der Waals surface area contributed by atoms with E-state index >= 15 is 0 Å². The van der Waals surface area contributed by atoms with Gasteiger partial charge < -0.3 is 14.2 Å². The van der Waals surface area contributed by atoms with Gasteiger partial charge in [-0.05, 0) is 63.4 Å². The zero-order chi connectivity index (χ0) is 25.2. The molecule has 2 aromatic carbocycles. The van der Waals surface area contributed by atoms with Gasteiger partial charge in [0.25, 0.3) is 5.91 Å². The Labute approximate surface area is 211 Å². The van der Waals surface area contributed by atoms with E-state index in [1.807, 2.05) is 23.1 Å². The monoisotopic (exact) mass is 491 g/mol. The van der Waals surface area contributed by atoms with Crippen molar-refractivity contribution in [3.63, 3.8) is 0 Å². The van der Waals surface area contributed by atoms with E-state index in [9.17, 15) is 9.59 Å². The average molecular weight is 492 g/mol. The molecule has 3 aliphatic rings. The Hall–Kier alpha value is -3.39. The summed E-state index contributed by atoms with van der Waals surface area (Å²) in [5, 5.41) is 6.46. The third kappa shape index (κ3) is 4.82. The van der Waals surface area contributed by atoms with Crippen LogP contribution in [0.25, 0.3) is 0 Å². The zero-order valence-electron chi connectivity index (χ0n) is 21.2. The van der Waals surface area contributed by atoms with Crippen LogP contribution >= 0.6 is 0 Å². The summed E-state index contributed by atoms with van der Waals surface area (Å²) in [6.07, 6.45) is 3.20. The number of hydrogen-bond acceptors (Lipinski definition) is 7. The molecule has 0 aliphatic carbocycles. The van der Waals surface area contributed by atoms with Crippen molar-refractivity contribution in [2.45, 2.75) is 58.5 Å². The van der Waals surface area contributed by atoms with Crippen LogP contribution in [0.4, 0.5) is 0 Å². The minimum atomic E-state index is -0.392. The maximum Gasteiger partial charge on any atom is 0.323 e. The van der Waals surface area contributed by atoms with Crippen molar-refractivity contribution in [2.24, 2.45) is 5.10 Å². The number of fused-ring (bicyclic) bond motifs is 1. The highest BCUT2D eigenvalue weighted by Gasteiger charge is 2.37. The van der Waals surface area contributed by atoms with E-state index < -0.39 is 6.04 Å². The smallest absolute Gasteiger partial charge is 0.323 e. The average Bonchev–Trinajstić information content (AvgIpc) is 3.51. The van der Waals surface area contributed by atoms with Gasteiger partial charge in [-0.3, -0.25) is 14.5 Å². The largest absolute Gasteiger partial charge is 0.465 e. The molecular weight excluding hydrogens is 458 g/mol. The fraction of sp³-hybridized carbons (Fsp3) is 0.464. The lowest BCUT2D eigenvalue weighted by atomic mass is 9.95. The lowest BCUT2D eigenvalue weighted by Gasteiger charge is -2.34. The molecule has 0 bridgehead atoms. The number of hydrogen-bond donors (Lipinski definition) is 0. The van der Waals surface area contributed by atoms with Crippen molar-refractivity contribution < 1.29 is 23.8 Å². The number of benzene rings is 2. The van der Waals surface area contributed by atoms with Crippen LogP contribution in [0, 0.1) is 13.8 Å². The molecule has 3 aliphatic heterocycles. The maximum atomic E-state index is 13.7. The third-order valence-corrected chi connectivity index (χ3v) is 7.15. The van der Waals surface area contributed by atoms with Crippen LogP contribution in [-0.4, -0.2) is 60.0 Å². The van der Waals surface area contributed by atoms with Gasteiger partial charge in [0.1, 0.15) is 6.04 Å². The number of nitrogens with zero attached hydrogens (tertiary/aromatic N) is 3. The summed E-state index contributed by atoms with van der Waals surface area (Å²) in [5.41, 5.74) is 5.18. The number of amides is 1. The molecule has 36 heavy (non-hydrogen) atoms. The van der Waals surface area contributed by atoms with Crippen LogP contribution in [0.5, 0.6) is 11.5 Å². The Bertz CT molecular complexity index is 1190. The Morgan fingerprint density at radius 1 is 1.08 bits per heavy atom. The predicted molar refractivity (Wildman–Crippen MR) is 135 cm³/mol. The highest BCUT2D eigenvalue weighted by atomic mass is 16.7. The number of rotatable bonds is 6. The summed E-state index contributed by atoms with van der Waals surface area (Å²) in [6, 6.07) is 11.4. The third-order valence-electron chi connectivity index (χ3n) is 7.15. The molecule has 0 radical (unpaired) electrons. The van der Waals surface area contributed by atoms with Crippen molar-refractivity contribution in [3.8, 4) is 11.5 Å². The Morgan fingerprint density at radius 2 is 1.92 bits per heavy atom. The van der Waals surface area contributed by atoms with E-state index in [1.54, 1.807) is 11.9 Å². The van der Waals surface area contributed by atoms with E-state index in [1.165, 1.54) is 5.56 Å². The van der Waals surface area contributed by atoms with Gasteiger partial charge in [-0.1, -0.05) is 36.2 Å². The summed E-state index contributed by atoms with van der Waals surface area (Å²) in [7, 11) is 0. The first-order valence-electron chi connectivity index (χ1n) is 12.7. The van der Waals surface area contributed by atoms with Crippen LogP contribution in [0.1, 0.15) is 60.9 Å². The first kappa shape index (κ1) is 24.3. The Kier molecular flexibility index (Phi) is 6.96. The van der Waals surface area contributed by atoms with Gasteiger partial charge in [0.05, 0.1) is 24.9 Å². The first-order valence-corrected chi connectivity index (χ1v) is 12.7. The molecule has 1 fully saturated rings. The van der Waals surface area contributed by atoms with Crippen molar-refractivity contribution in [2.75, 3.05) is 26.5 Å². The minimum absolute atomic E-state index is 0.119. The lowest BCUT2D eigenvalue weighted by Crippen LogP contribution is -2.49. The molecule has 0 spiro atoms. The van der Waals surface area contributed by atoms with E-state index in [-0.39, 0.29) is 31.3 Å². The van der Waals surface area contributed by atoms with E-state index in [0.29, 0.717) is 37.5 Å². The van der Waals surface area contributed by atoms with Crippen molar-refractivity contribution in [3.05, 3.63) is 58.7 Å². The number of esters is 1. The molecule has 3 heterocycles. The normalized spacial score (nSPS) is 21.4. The van der Waals surface area contributed by atoms with E-state index in [2.05, 4.69) is 32.0 Å². The molecule has 1 amide bonds. The fourth-order valence-electron chi connectivity index (χ4n) is 5.35. The van der Waals surface area contributed by atoms with Crippen LogP contribution in [0.2, 0.25) is 0 Å². The molecule has 0 saturated carbocycles. The topological polar surface area (TPSA) is 80.7 Å². The van der Waals surface area contributed by atoms with Gasteiger partial charge in [0.2, 0.25) is 6.79 Å². The van der Waals surface area contributed by atoms with Gasteiger partial charge in [-0.15, -0.1) is 0 Å². The first-order chi connectivity index (χ1) is 17.4. The number of hydrazone groups is 1. The number of aryl methyl sites for hydroxylation is 2. The number of likely N-dealkylation sites (tertiary alicyclic amines) is 1. The van der Waals surface area contributed by atoms with Crippen LogP contribution < -0.4 is 9.47 Å². The van der Waals surface area contributed by atoms with Gasteiger partial charge in [-0.2, -0.15) is 5.10 Å². The van der Waals surface area contributed by atoms with Gasteiger partial charge >= 0.3 is 5.97 Å². The van der Waals surface area contributed by atoms with Crippen molar-refractivity contribution in [1.29, 1.82) is 0 Å². The molecule has 0 N–H and O–H groups in total. The molecular formula is C28H33N3O5. The summed E-state index contributed by atoms with van der Waals surface area (Å²) >= 11 is 0. The number of carbonyl (C=O) groups is 2. The summed E-state index contributed by atoms with van der Waals surface area (Å²) in [6.45, 7) is 7.28. The van der Waals surface area contributed by atoms with E-state index in [0.717, 1.165) is 35.2 Å². The van der Waals surface area contributed by atoms with Crippen molar-refractivity contribution >= 4 is 17.6 Å². The van der Waals surface area contributed by atoms with Crippen LogP contribution in [0.15, 0.2) is 41.5 Å². The van der Waals surface area contributed by atoms with Gasteiger partial charge in [0, 0.05) is 12.0 Å². The van der Waals surface area contributed by atoms with Crippen molar-refractivity contribution in [1.82, 2.24) is 9.91 Å². The second kappa shape index (κ2) is 10.3. The van der Waals surface area contributed by atoms with Crippen LogP contribution in [-0.2, 0) is 14.3 Å². The number of piperidine rings is 1. The molecule has 8 nitrogen and oxygen atoms in total. The quantitative estimate of drug-likeness (QED) is 0.566. The molecule has 2 aromatic rings. The highest BCUT2D eigenvalue weighted by Crippen LogP contribution is 2.39. The highest BCUT2D eigenvalue weighted by molar-refractivity contribution is 6.04. The number of ether oxygens (including phenoxy) is 3. The zero-order valence-corrected chi connectivity index (χ0v) is 21.2. The molecule has 190 valence electrons. The molecule has 5 rings (SSSR count). The lowest BCUT2D eigenvalue weighted by molar-refractivity contribution is -0.152. The summed E-state index contributed by atoms with van der Waals surface area (Å²) in [5.74, 6) is 1.00. The second-order valence-electron chi connectivity index (χ2n) is 9.67. The summed E-state index contributed by atoms with van der Waals surface area (Å²) < 4.78 is 16.4. The minimum Gasteiger partial charge on any atom is -0.465 e. The van der Waals surface area contributed by atoms with Crippen LogP contribution in [0.3, 0.4) is 0 Å². The molecule has 0 aromatic heterocycles. The number of carbonyl (C=O) groups excluding carboxylic acids is 2. The van der Waals surface area contributed by atoms with Gasteiger partial charge in [0.15, 0.2) is 11.5 Å². The SMILES string of the molecule is CCOC(=O)C1CCCCN1CC(=O)N1N=C(c2ccc(C)cc2C)CC1c1ccc2c(c1)OCO2. The standard InChI is InChI=1S/C28H33N3O5/c1-4-34-28(33)23-7-5-6-12-30(23)16-27(32)31-24(20-9-11-25-26(14-20)36-17-35-25)15-22(29-31)21-10-8-18(2)13-19(21)3/h8-11,13-14,23-24H,4-7,12,15-17H2,1-3H3. The molecule has 1 saturated heterocycles. The second-order valence-corrected chi connectivity index (χ2v) is 9.67. The van der Waals surface area contributed by atoms with E-state index in [4.69, 9.17) is 19.3 Å². The predicted octanol–water partition coefficient (Wildman–Crippen LogP) is 4.13. The molecule has 2 unspecified atom stereocenters.